The summed E-state index contributed by atoms with van der Waals surface area (Å²) < 4.78 is 10.9. The lowest BCUT2D eigenvalue weighted by molar-refractivity contribution is 0.0946. The Kier molecular flexibility index (Phi) is 6.06. The molecular formula is C23H18ClN3O3. The summed E-state index contributed by atoms with van der Waals surface area (Å²) in [6, 6.07) is 23.9. The number of carbonyl (C=O) groups excluding carboxylic acids is 1. The monoisotopic (exact) mass is 419 g/mol. The van der Waals surface area contributed by atoms with E-state index in [2.05, 4.69) is 15.5 Å². The summed E-state index contributed by atoms with van der Waals surface area (Å²) in [5.41, 5.74) is 2.25. The van der Waals surface area contributed by atoms with E-state index in [-0.39, 0.29) is 12.5 Å². The van der Waals surface area contributed by atoms with Gasteiger partial charge in [0.25, 0.3) is 5.91 Å². The molecule has 6 nitrogen and oxygen atoms in total. The van der Waals surface area contributed by atoms with Crippen LogP contribution in [0.5, 0.6) is 5.75 Å². The van der Waals surface area contributed by atoms with Crippen LogP contribution in [0.4, 0.5) is 0 Å². The Morgan fingerprint density at radius 2 is 1.70 bits per heavy atom. The van der Waals surface area contributed by atoms with Gasteiger partial charge >= 0.3 is 0 Å². The molecule has 0 spiro atoms. The van der Waals surface area contributed by atoms with Crippen LogP contribution >= 0.6 is 11.6 Å². The molecule has 3 aromatic carbocycles. The number of halogens is 1. The molecule has 0 radical (unpaired) electrons. The Hall–Kier alpha value is -3.64. The highest BCUT2D eigenvalue weighted by Crippen LogP contribution is 2.19. The first-order valence-corrected chi connectivity index (χ1v) is 9.69. The maximum absolute atomic E-state index is 12.4. The quantitative estimate of drug-likeness (QED) is 0.461. The molecule has 30 heavy (non-hydrogen) atoms. The molecule has 0 fully saturated rings. The maximum Gasteiger partial charge on any atom is 0.251 e. The minimum Gasteiger partial charge on any atom is -0.489 e. The first kappa shape index (κ1) is 19.7. The van der Waals surface area contributed by atoms with Crippen LogP contribution in [0.2, 0.25) is 5.02 Å². The number of ether oxygens (including phenoxy) is 1. The van der Waals surface area contributed by atoms with E-state index in [1.54, 1.807) is 24.3 Å². The number of nitrogens with one attached hydrogen (secondary N) is 1. The Balaban J connectivity index is 1.31. The zero-order valence-electron chi connectivity index (χ0n) is 15.9. The summed E-state index contributed by atoms with van der Waals surface area (Å²) in [5, 5.41) is 7.37. The van der Waals surface area contributed by atoms with Gasteiger partial charge in [0, 0.05) is 21.7 Å². The number of rotatable bonds is 7. The highest BCUT2D eigenvalue weighted by Gasteiger charge is 2.11. The van der Waals surface area contributed by atoms with Crippen molar-refractivity contribution < 1.29 is 14.1 Å². The highest BCUT2D eigenvalue weighted by molar-refractivity contribution is 6.31. The van der Waals surface area contributed by atoms with E-state index < -0.39 is 0 Å². The number of carbonyl (C=O) groups is 1. The zero-order chi connectivity index (χ0) is 20.8. The number of hydrogen-bond acceptors (Lipinski definition) is 5. The summed E-state index contributed by atoms with van der Waals surface area (Å²) in [4.78, 5) is 16.7. The number of benzene rings is 3. The molecule has 1 N–H and O–H groups in total. The molecule has 0 unspecified atom stereocenters. The molecule has 0 aliphatic rings. The van der Waals surface area contributed by atoms with Crippen molar-refractivity contribution in [3.63, 3.8) is 0 Å². The molecule has 0 aliphatic heterocycles. The predicted molar refractivity (Wildman–Crippen MR) is 113 cm³/mol. The molecule has 0 aliphatic carbocycles. The molecule has 0 saturated heterocycles. The van der Waals surface area contributed by atoms with Gasteiger partial charge in [-0.15, -0.1) is 0 Å². The molecule has 1 heterocycles. The lowest BCUT2D eigenvalue weighted by Gasteiger charge is -2.08. The van der Waals surface area contributed by atoms with Gasteiger partial charge < -0.3 is 14.6 Å². The number of amides is 1. The van der Waals surface area contributed by atoms with Crippen molar-refractivity contribution in [2.75, 3.05) is 0 Å². The molecule has 1 aromatic heterocycles. The molecule has 7 heteroatoms. The smallest absolute Gasteiger partial charge is 0.251 e. The van der Waals surface area contributed by atoms with Gasteiger partial charge in [-0.25, -0.2) is 0 Å². The molecular weight excluding hydrogens is 402 g/mol. The third kappa shape index (κ3) is 4.85. The third-order valence-corrected chi connectivity index (χ3v) is 4.74. The van der Waals surface area contributed by atoms with E-state index in [9.17, 15) is 4.79 Å². The lowest BCUT2D eigenvalue weighted by atomic mass is 10.2. The van der Waals surface area contributed by atoms with E-state index in [1.807, 2.05) is 54.6 Å². The summed E-state index contributed by atoms with van der Waals surface area (Å²) in [7, 11) is 0. The van der Waals surface area contributed by atoms with Gasteiger partial charge in [0.15, 0.2) is 0 Å². The molecule has 0 bridgehead atoms. The number of hydrogen-bond donors (Lipinski definition) is 1. The molecule has 4 aromatic rings. The summed E-state index contributed by atoms with van der Waals surface area (Å²) in [5.74, 6) is 1.23. The minimum absolute atomic E-state index is 0.142. The molecule has 1 amide bonds. The van der Waals surface area contributed by atoms with E-state index in [1.165, 1.54) is 0 Å². The van der Waals surface area contributed by atoms with Crippen molar-refractivity contribution in [2.24, 2.45) is 0 Å². The Morgan fingerprint density at radius 3 is 2.47 bits per heavy atom. The van der Waals surface area contributed by atoms with Crippen LogP contribution < -0.4 is 10.1 Å². The van der Waals surface area contributed by atoms with Crippen molar-refractivity contribution in [3.8, 4) is 17.1 Å². The van der Waals surface area contributed by atoms with Crippen molar-refractivity contribution in [1.29, 1.82) is 0 Å². The average molecular weight is 420 g/mol. The SMILES string of the molecule is O=C(NCc1nc(-c2ccccc2)no1)c1ccc(OCc2ccccc2Cl)cc1. The Bertz CT molecular complexity index is 1130. The normalized spacial score (nSPS) is 10.6. The first-order valence-electron chi connectivity index (χ1n) is 9.31. The molecule has 0 atom stereocenters. The fraction of sp³-hybridized carbons (Fsp3) is 0.0870. The second kappa shape index (κ2) is 9.24. The zero-order valence-corrected chi connectivity index (χ0v) is 16.7. The maximum atomic E-state index is 12.4. The fourth-order valence-electron chi connectivity index (χ4n) is 2.77. The standard InChI is InChI=1S/C23H18ClN3O3/c24-20-9-5-4-8-18(20)15-29-19-12-10-17(11-13-19)23(28)25-14-21-26-22(27-30-21)16-6-2-1-3-7-16/h1-13H,14-15H2,(H,25,28). The van der Waals surface area contributed by atoms with Gasteiger partial charge in [-0.2, -0.15) is 4.98 Å². The van der Waals surface area contributed by atoms with Gasteiger partial charge in [-0.3, -0.25) is 4.79 Å². The van der Waals surface area contributed by atoms with Gasteiger partial charge in [0.1, 0.15) is 12.4 Å². The second-order valence-corrected chi connectivity index (χ2v) is 6.87. The van der Waals surface area contributed by atoms with Crippen molar-refractivity contribution in [2.45, 2.75) is 13.2 Å². The van der Waals surface area contributed by atoms with E-state index >= 15 is 0 Å². The van der Waals surface area contributed by atoms with Crippen LogP contribution in [-0.4, -0.2) is 16.0 Å². The Labute approximate surface area is 178 Å². The predicted octanol–water partition coefficient (Wildman–Crippen LogP) is 4.90. The largest absolute Gasteiger partial charge is 0.489 e. The van der Waals surface area contributed by atoms with Crippen molar-refractivity contribution in [3.05, 3.63) is 101 Å². The van der Waals surface area contributed by atoms with Crippen LogP contribution in [0.1, 0.15) is 21.8 Å². The second-order valence-electron chi connectivity index (χ2n) is 6.46. The fourth-order valence-corrected chi connectivity index (χ4v) is 2.96. The topological polar surface area (TPSA) is 77.3 Å². The van der Waals surface area contributed by atoms with Gasteiger partial charge in [-0.05, 0) is 30.3 Å². The van der Waals surface area contributed by atoms with E-state index in [4.69, 9.17) is 20.9 Å². The van der Waals surface area contributed by atoms with Gasteiger partial charge in [0.2, 0.25) is 11.7 Å². The van der Waals surface area contributed by atoms with Crippen LogP contribution in [-0.2, 0) is 13.2 Å². The van der Waals surface area contributed by atoms with Crippen molar-refractivity contribution in [1.82, 2.24) is 15.5 Å². The molecule has 0 saturated carbocycles. The summed E-state index contributed by atoms with van der Waals surface area (Å²) in [6.45, 7) is 0.496. The third-order valence-electron chi connectivity index (χ3n) is 4.37. The highest BCUT2D eigenvalue weighted by atomic mass is 35.5. The number of nitrogens with zero attached hydrogens (tertiary/aromatic N) is 2. The average Bonchev–Trinajstić information content (AvgIpc) is 3.27. The summed E-state index contributed by atoms with van der Waals surface area (Å²) >= 11 is 6.13. The van der Waals surface area contributed by atoms with Crippen LogP contribution in [0.3, 0.4) is 0 Å². The van der Waals surface area contributed by atoms with Gasteiger partial charge in [0.05, 0.1) is 6.54 Å². The van der Waals surface area contributed by atoms with Crippen LogP contribution in [0.15, 0.2) is 83.4 Å². The van der Waals surface area contributed by atoms with Crippen molar-refractivity contribution >= 4 is 17.5 Å². The minimum atomic E-state index is -0.243. The summed E-state index contributed by atoms with van der Waals surface area (Å²) in [6.07, 6.45) is 0. The van der Waals surface area contributed by atoms with Crippen LogP contribution in [0, 0.1) is 0 Å². The number of aromatic nitrogens is 2. The van der Waals surface area contributed by atoms with E-state index in [0.29, 0.717) is 34.7 Å². The van der Waals surface area contributed by atoms with Crippen LogP contribution in [0.25, 0.3) is 11.4 Å². The Morgan fingerprint density at radius 1 is 0.967 bits per heavy atom. The van der Waals surface area contributed by atoms with E-state index in [0.717, 1.165) is 11.1 Å². The lowest BCUT2D eigenvalue weighted by Crippen LogP contribution is -2.22. The first-order chi connectivity index (χ1) is 14.7. The molecule has 150 valence electrons. The molecule has 4 rings (SSSR count). The van der Waals surface area contributed by atoms with Gasteiger partial charge in [-0.1, -0.05) is 65.3 Å².